The van der Waals surface area contributed by atoms with Crippen LogP contribution in [0.5, 0.6) is 0 Å². The molecule has 1 aromatic rings. The molecule has 0 aromatic heterocycles. The van der Waals surface area contributed by atoms with Crippen LogP contribution in [0.3, 0.4) is 0 Å². The number of hydrogen-bond acceptors (Lipinski definition) is 6. The highest BCUT2D eigenvalue weighted by Crippen LogP contribution is 2.34. The van der Waals surface area contributed by atoms with E-state index in [4.69, 9.17) is 9.47 Å². The maximum absolute atomic E-state index is 12.2. The highest BCUT2D eigenvalue weighted by Gasteiger charge is 2.37. The molecule has 1 aliphatic heterocycles. The Morgan fingerprint density at radius 1 is 1.17 bits per heavy atom. The van der Waals surface area contributed by atoms with Gasteiger partial charge in [-0.3, -0.25) is 9.80 Å². The molecule has 0 amide bonds. The summed E-state index contributed by atoms with van der Waals surface area (Å²) in [5.74, 6) is -1.31. The first-order valence-corrected chi connectivity index (χ1v) is 7.97. The summed E-state index contributed by atoms with van der Waals surface area (Å²) in [6.45, 7) is 6.12. The second kappa shape index (κ2) is 8.29. The molecule has 1 aliphatic rings. The van der Waals surface area contributed by atoms with Crippen LogP contribution < -0.4 is 0 Å². The number of rotatable bonds is 6. The van der Waals surface area contributed by atoms with Crippen LogP contribution in [0.1, 0.15) is 31.0 Å². The Morgan fingerprint density at radius 2 is 1.83 bits per heavy atom. The second-order valence-electron chi connectivity index (χ2n) is 5.35. The molecule has 0 saturated carbocycles. The molecule has 128 valence electrons. The van der Waals surface area contributed by atoms with Crippen molar-refractivity contribution >= 4 is 18.2 Å². The standard InChI is InChI=1S/C18H22N2O4/c1-4-23-16(21)10-11-20-17(14-8-6-13(3)7-9-14)15(12-19-20)18(22)24-5-2/h6-12,15,17H,4-5H2,1-3H3/b11-10+. The van der Waals surface area contributed by atoms with E-state index in [1.807, 2.05) is 31.2 Å². The third kappa shape index (κ3) is 4.22. The van der Waals surface area contributed by atoms with Gasteiger partial charge >= 0.3 is 11.9 Å². The van der Waals surface area contributed by atoms with Gasteiger partial charge in [-0.25, -0.2) is 4.79 Å². The Bertz CT molecular complexity index is 637. The molecule has 6 heteroatoms. The van der Waals surface area contributed by atoms with Gasteiger partial charge in [-0.05, 0) is 26.3 Å². The van der Waals surface area contributed by atoms with Crippen LogP contribution >= 0.6 is 0 Å². The zero-order valence-corrected chi connectivity index (χ0v) is 14.1. The SMILES string of the molecule is CCOC(=O)/C=C/N1N=CC(C(=O)OCC)C1c1ccc(C)cc1. The lowest BCUT2D eigenvalue weighted by atomic mass is 9.94. The number of ether oxygens (including phenoxy) is 2. The molecule has 0 N–H and O–H groups in total. The van der Waals surface area contributed by atoms with Crippen molar-refractivity contribution in [2.45, 2.75) is 26.8 Å². The Kier molecular flexibility index (Phi) is 6.12. The summed E-state index contributed by atoms with van der Waals surface area (Å²) in [6.07, 6.45) is 4.38. The van der Waals surface area contributed by atoms with E-state index >= 15 is 0 Å². The van der Waals surface area contributed by atoms with Gasteiger partial charge in [0.05, 0.1) is 19.3 Å². The number of carbonyl (C=O) groups is 2. The second-order valence-corrected chi connectivity index (χ2v) is 5.35. The number of benzene rings is 1. The lowest BCUT2D eigenvalue weighted by molar-refractivity contribution is -0.146. The summed E-state index contributed by atoms with van der Waals surface area (Å²) in [6, 6.07) is 7.50. The Morgan fingerprint density at radius 3 is 2.46 bits per heavy atom. The molecule has 0 radical (unpaired) electrons. The maximum Gasteiger partial charge on any atom is 0.332 e. The van der Waals surface area contributed by atoms with Crippen molar-refractivity contribution in [3.05, 3.63) is 47.7 Å². The van der Waals surface area contributed by atoms with Gasteiger partial charge < -0.3 is 9.47 Å². The largest absolute Gasteiger partial charge is 0.465 e. The number of hydrogen-bond donors (Lipinski definition) is 0. The van der Waals surface area contributed by atoms with Crippen molar-refractivity contribution in [1.29, 1.82) is 0 Å². The Balaban J connectivity index is 2.26. The third-order valence-corrected chi connectivity index (χ3v) is 3.61. The zero-order valence-electron chi connectivity index (χ0n) is 14.1. The Labute approximate surface area is 141 Å². The molecule has 0 saturated heterocycles. The molecule has 1 heterocycles. The fourth-order valence-electron chi connectivity index (χ4n) is 2.48. The molecular formula is C18H22N2O4. The van der Waals surface area contributed by atoms with Crippen LogP contribution in [0.15, 0.2) is 41.6 Å². The molecule has 2 atom stereocenters. The average molecular weight is 330 g/mol. The molecule has 2 rings (SSSR count). The third-order valence-electron chi connectivity index (χ3n) is 3.61. The van der Waals surface area contributed by atoms with Crippen molar-refractivity contribution in [1.82, 2.24) is 5.01 Å². The van der Waals surface area contributed by atoms with Gasteiger partial charge in [0, 0.05) is 18.5 Å². The predicted molar refractivity (Wildman–Crippen MR) is 90.1 cm³/mol. The first-order chi connectivity index (χ1) is 11.6. The normalized spacial score (nSPS) is 19.7. The number of esters is 2. The van der Waals surface area contributed by atoms with Gasteiger partial charge in [0.15, 0.2) is 0 Å². The van der Waals surface area contributed by atoms with E-state index in [9.17, 15) is 9.59 Å². The molecule has 24 heavy (non-hydrogen) atoms. The van der Waals surface area contributed by atoms with Gasteiger partial charge in [0.2, 0.25) is 0 Å². The average Bonchev–Trinajstić information content (AvgIpc) is 2.98. The summed E-state index contributed by atoms with van der Waals surface area (Å²) in [5.41, 5.74) is 2.05. The first kappa shape index (κ1) is 17.7. The van der Waals surface area contributed by atoms with Gasteiger partial charge in [-0.15, -0.1) is 0 Å². The van der Waals surface area contributed by atoms with E-state index in [-0.39, 0.29) is 12.0 Å². The molecule has 0 bridgehead atoms. The van der Waals surface area contributed by atoms with Gasteiger partial charge in [-0.1, -0.05) is 29.8 Å². The van der Waals surface area contributed by atoms with Gasteiger partial charge in [0.1, 0.15) is 5.92 Å². The molecule has 0 fully saturated rings. The molecule has 6 nitrogen and oxygen atoms in total. The monoisotopic (exact) mass is 330 g/mol. The van der Waals surface area contributed by atoms with Crippen LogP contribution in [-0.2, 0) is 19.1 Å². The van der Waals surface area contributed by atoms with Crippen molar-refractivity contribution < 1.29 is 19.1 Å². The minimum Gasteiger partial charge on any atom is -0.465 e. The van der Waals surface area contributed by atoms with E-state index in [2.05, 4.69) is 5.10 Å². The van der Waals surface area contributed by atoms with Crippen LogP contribution in [-0.4, -0.2) is 36.4 Å². The highest BCUT2D eigenvalue weighted by molar-refractivity contribution is 5.92. The van der Waals surface area contributed by atoms with Gasteiger partial charge in [-0.2, -0.15) is 5.10 Å². The van der Waals surface area contributed by atoms with Crippen molar-refractivity contribution in [3.63, 3.8) is 0 Å². The van der Waals surface area contributed by atoms with E-state index in [1.54, 1.807) is 25.1 Å². The van der Waals surface area contributed by atoms with Crippen molar-refractivity contribution in [3.8, 4) is 0 Å². The number of aryl methyl sites for hydroxylation is 1. The fourth-order valence-corrected chi connectivity index (χ4v) is 2.48. The fraction of sp³-hybridized carbons (Fsp3) is 0.389. The first-order valence-electron chi connectivity index (χ1n) is 7.97. The van der Waals surface area contributed by atoms with Crippen LogP contribution in [0.25, 0.3) is 0 Å². The number of nitrogens with zero attached hydrogens (tertiary/aromatic N) is 2. The van der Waals surface area contributed by atoms with Crippen molar-refractivity contribution in [2.24, 2.45) is 11.0 Å². The predicted octanol–water partition coefficient (Wildman–Crippen LogP) is 2.59. The van der Waals surface area contributed by atoms with Crippen LogP contribution in [0.2, 0.25) is 0 Å². The molecule has 0 aliphatic carbocycles. The number of hydrazone groups is 1. The lowest BCUT2D eigenvalue weighted by Crippen LogP contribution is -2.28. The summed E-state index contributed by atoms with van der Waals surface area (Å²) >= 11 is 0. The minimum absolute atomic E-state index is 0.305. The minimum atomic E-state index is -0.528. The van der Waals surface area contributed by atoms with Crippen LogP contribution in [0.4, 0.5) is 0 Å². The maximum atomic E-state index is 12.2. The van der Waals surface area contributed by atoms with Gasteiger partial charge in [0.25, 0.3) is 0 Å². The smallest absolute Gasteiger partial charge is 0.332 e. The molecular weight excluding hydrogens is 308 g/mol. The summed E-state index contributed by atoms with van der Waals surface area (Å²) < 4.78 is 10.0. The van der Waals surface area contributed by atoms with E-state index < -0.39 is 11.9 Å². The quantitative estimate of drug-likeness (QED) is 0.592. The summed E-state index contributed by atoms with van der Waals surface area (Å²) in [7, 11) is 0. The van der Waals surface area contributed by atoms with E-state index in [1.165, 1.54) is 12.3 Å². The summed E-state index contributed by atoms with van der Waals surface area (Å²) in [4.78, 5) is 23.8. The summed E-state index contributed by atoms with van der Waals surface area (Å²) in [5, 5.41) is 5.83. The molecule has 0 spiro atoms. The van der Waals surface area contributed by atoms with Crippen LogP contribution in [0, 0.1) is 12.8 Å². The molecule has 1 aromatic carbocycles. The van der Waals surface area contributed by atoms with E-state index in [0.29, 0.717) is 13.2 Å². The lowest BCUT2D eigenvalue weighted by Gasteiger charge is -2.24. The zero-order chi connectivity index (χ0) is 17.5. The highest BCUT2D eigenvalue weighted by atomic mass is 16.5. The molecule has 2 unspecified atom stereocenters. The van der Waals surface area contributed by atoms with E-state index in [0.717, 1.165) is 11.1 Å². The Hall–Kier alpha value is -2.63. The van der Waals surface area contributed by atoms with Crippen molar-refractivity contribution in [2.75, 3.05) is 13.2 Å². The number of carbonyl (C=O) groups excluding carboxylic acids is 2. The topological polar surface area (TPSA) is 68.2 Å².